The second kappa shape index (κ2) is 6.47. The molecule has 0 saturated heterocycles. The molecule has 0 atom stereocenters. The van der Waals surface area contributed by atoms with E-state index in [9.17, 15) is 0 Å². The van der Waals surface area contributed by atoms with Gasteiger partial charge in [0.1, 0.15) is 0 Å². The van der Waals surface area contributed by atoms with Crippen molar-refractivity contribution in [2.45, 2.75) is 32.1 Å². The zero-order valence-electron chi connectivity index (χ0n) is 12.2. The zero-order chi connectivity index (χ0) is 13.5. The molecule has 0 aliphatic heterocycles. The van der Waals surface area contributed by atoms with E-state index in [1.807, 2.05) is 0 Å². The van der Waals surface area contributed by atoms with Crippen LogP contribution in [-0.4, -0.2) is 6.54 Å². The molecule has 21 heavy (non-hydrogen) atoms. The van der Waals surface area contributed by atoms with E-state index in [4.69, 9.17) is 0 Å². The summed E-state index contributed by atoms with van der Waals surface area (Å²) >= 11 is 3.47. The Labute approximate surface area is 142 Å². The smallest absolute Gasteiger partial charge is 0.0488 e. The Morgan fingerprint density at radius 1 is 0.905 bits per heavy atom. The lowest BCUT2D eigenvalue weighted by Gasteiger charge is -2.54. The summed E-state index contributed by atoms with van der Waals surface area (Å²) in [7, 11) is 0. The molecular formula is C17H24BrClN2. The normalized spacial score (nSPS) is 36.3. The third-order valence-corrected chi connectivity index (χ3v) is 6.37. The second-order valence-corrected chi connectivity index (χ2v) is 8.02. The van der Waals surface area contributed by atoms with Crippen molar-refractivity contribution in [3.8, 4) is 0 Å². The first-order valence-corrected chi connectivity index (χ1v) is 8.81. The van der Waals surface area contributed by atoms with Crippen LogP contribution in [0.5, 0.6) is 0 Å². The standard InChI is InChI=1S/C17H23BrN2.ClH/c18-15-1-3-16(4-2-15)20-19-10-17-13-6-11-5-12(8-13)9-14(17)7-11;/h1-4,11-14,17,19-20H,5-10H2;1H. The molecule has 1 aromatic rings. The Morgan fingerprint density at radius 3 is 2.05 bits per heavy atom. The van der Waals surface area contributed by atoms with E-state index in [1.54, 1.807) is 6.42 Å². The highest BCUT2D eigenvalue weighted by molar-refractivity contribution is 9.10. The lowest BCUT2D eigenvalue weighted by Crippen LogP contribution is -2.49. The largest absolute Gasteiger partial charge is 0.321 e. The molecule has 0 heterocycles. The van der Waals surface area contributed by atoms with Crippen LogP contribution in [0.2, 0.25) is 0 Å². The van der Waals surface area contributed by atoms with Crippen molar-refractivity contribution in [1.82, 2.24) is 5.43 Å². The minimum absolute atomic E-state index is 0. The molecule has 2 N–H and O–H groups in total. The third kappa shape index (κ3) is 3.25. The van der Waals surface area contributed by atoms with Gasteiger partial charge in [-0.1, -0.05) is 15.9 Å². The van der Waals surface area contributed by atoms with E-state index in [-0.39, 0.29) is 12.4 Å². The number of hydrogen-bond donors (Lipinski definition) is 2. The zero-order valence-corrected chi connectivity index (χ0v) is 14.6. The minimum atomic E-state index is 0. The van der Waals surface area contributed by atoms with Crippen LogP contribution < -0.4 is 10.9 Å². The number of halogens is 2. The van der Waals surface area contributed by atoms with E-state index in [2.05, 4.69) is 51.0 Å². The Bertz CT molecular complexity index is 448. The lowest BCUT2D eigenvalue weighted by atomic mass is 9.52. The van der Waals surface area contributed by atoms with Gasteiger partial charge in [-0.2, -0.15) is 0 Å². The summed E-state index contributed by atoms with van der Waals surface area (Å²) in [6, 6.07) is 8.36. The van der Waals surface area contributed by atoms with Crippen molar-refractivity contribution < 1.29 is 0 Å². The van der Waals surface area contributed by atoms with E-state index in [0.717, 1.165) is 46.3 Å². The molecule has 4 aliphatic carbocycles. The molecule has 0 radical (unpaired) electrons. The second-order valence-electron chi connectivity index (χ2n) is 7.11. The van der Waals surface area contributed by atoms with Crippen LogP contribution in [0.3, 0.4) is 0 Å². The Morgan fingerprint density at radius 2 is 1.48 bits per heavy atom. The molecule has 4 aliphatic rings. The molecule has 5 rings (SSSR count). The number of hydrazine groups is 1. The molecule has 1 aromatic carbocycles. The molecule has 0 amide bonds. The number of anilines is 1. The van der Waals surface area contributed by atoms with Crippen LogP contribution >= 0.6 is 28.3 Å². The first kappa shape index (κ1) is 15.6. The Balaban J connectivity index is 0.00000132. The van der Waals surface area contributed by atoms with Gasteiger partial charge in [0, 0.05) is 16.7 Å². The van der Waals surface area contributed by atoms with Crippen molar-refractivity contribution in [3.05, 3.63) is 28.7 Å². The van der Waals surface area contributed by atoms with Gasteiger partial charge in [-0.15, -0.1) is 12.4 Å². The fraction of sp³-hybridized carbons (Fsp3) is 0.647. The van der Waals surface area contributed by atoms with Crippen LogP contribution in [0, 0.1) is 29.6 Å². The van der Waals surface area contributed by atoms with Crippen molar-refractivity contribution >= 4 is 34.0 Å². The highest BCUT2D eigenvalue weighted by atomic mass is 79.9. The lowest BCUT2D eigenvalue weighted by molar-refractivity contribution is -0.0348. The molecule has 4 bridgehead atoms. The summed E-state index contributed by atoms with van der Waals surface area (Å²) < 4.78 is 1.13. The molecular weight excluding hydrogens is 348 g/mol. The van der Waals surface area contributed by atoms with Crippen LogP contribution in [0.25, 0.3) is 0 Å². The molecule has 4 heteroatoms. The molecule has 0 unspecified atom stereocenters. The van der Waals surface area contributed by atoms with E-state index in [0.29, 0.717) is 0 Å². The van der Waals surface area contributed by atoms with Crippen LogP contribution in [0.15, 0.2) is 28.7 Å². The van der Waals surface area contributed by atoms with Crippen molar-refractivity contribution in [3.63, 3.8) is 0 Å². The molecule has 0 spiro atoms. The average Bonchev–Trinajstić information content (AvgIpc) is 2.43. The van der Waals surface area contributed by atoms with Gasteiger partial charge >= 0.3 is 0 Å². The van der Waals surface area contributed by atoms with Gasteiger partial charge < -0.3 is 5.43 Å². The monoisotopic (exact) mass is 370 g/mol. The van der Waals surface area contributed by atoms with Crippen LogP contribution in [-0.2, 0) is 0 Å². The fourth-order valence-corrected chi connectivity index (χ4v) is 5.44. The van der Waals surface area contributed by atoms with Gasteiger partial charge in [-0.25, -0.2) is 5.43 Å². The maximum absolute atomic E-state index is 3.48. The molecule has 0 aromatic heterocycles. The van der Waals surface area contributed by atoms with E-state index in [1.165, 1.54) is 25.7 Å². The first-order valence-electron chi connectivity index (χ1n) is 8.02. The summed E-state index contributed by atoms with van der Waals surface area (Å²) in [4.78, 5) is 0. The summed E-state index contributed by atoms with van der Waals surface area (Å²) in [5.41, 5.74) is 7.99. The quantitative estimate of drug-likeness (QED) is 0.739. The van der Waals surface area contributed by atoms with Crippen molar-refractivity contribution in [1.29, 1.82) is 0 Å². The summed E-state index contributed by atoms with van der Waals surface area (Å²) in [6.45, 7) is 1.13. The SMILES string of the molecule is Brc1ccc(NNCC2C3CC4CC(C3)CC2C4)cc1.Cl. The highest BCUT2D eigenvalue weighted by Gasteiger charge is 2.47. The summed E-state index contributed by atoms with van der Waals surface area (Å²) in [5, 5.41) is 0. The number of benzene rings is 1. The maximum atomic E-state index is 3.48. The fourth-order valence-electron chi connectivity index (χ4n) is 5.18. The first-order chi connectivity index (χ1) is 9.78. The van der Waals surface area contributed by atoms with Gasteiger partial charge in [0.05, 0.1) is 0 Å². The van der Waals surface area contributed by atoms with Gasteiger partial charge in [0.25, 0.3) is 0 Å². The maximum Gasteiger partial charge on any atom is 0.0488 e. The van der Waals surface area contributed by atoms with Gasteiger partial charge in [-0.05, 0) is 86.0 Å². The topological polar surface area (TPSA) is 24.1 Å². The number of hydrogen-bond acceptors (Lipinski definition) is 2. The highest BCUT2D eigenvalue weighted by Crippen LogP contribution is 2.56. The summed E-state index contributed by atoms with van der Waals surface area (Å²) in [5.74, 6) is 5.07. The van der Waals surface area contributed by atoms with Gasteiger partial charge in [0.2, 0.25) is 0 Å². The molecule has 4 saturated carbocycles. The summed E-state index contributed by atoms with van der Waals surface area (Å²) in [6.07, 6.45) is 7.59. The van der Waals surface area contributed by atoms with Crippen LogP contribution in [0.1, 0.15) is 32.1 Å². The Kier molecular flexibility index (Phi) is 4.82. The minimum Gasteiger partial charge on any atom is -0.321 e. The van der Waals surface area contributed by atoms with Gasteiger partial charge in [-0.3, -0.25) is 0 Å². The number of nitrogens with one attached hydrogen (secondary N) is 2. The predicted molar refractivity (Wildman–Crippen MR) is 93.6 cm³/mol. The predicted octanol–water partition coefficient (Wildman–Crippen LogP) is 4.86. The van der Waals surface area contributed by atoms with E-state index >= 15 is 0 Å². The molecule has 4 fully saturated rings. The van der Waals surface area contributed by atoms with E-state index < -0.39 is 0 Å². The van der Waals surface area contributed by atoms with Gasteiger partial charge in [0.15, 0.2) is 0 Å². The number of rotatable bonds is 4. The Hall–Kier alpha value is -0.250. The molecule has 2 nitrogen and oxygen atoms in total. The molecule has 116 valence electrons. The average molecular weight is 372 g/mol. The van der Waals surface area contributed by atoms with Crippen LogP contribution in [0.4, 0.5) is 5.69 Å². The third-order valence-electron chi connectivity index (χ3n) is 5.84. The van der Waals surface area contributed by atoms with Crippen molar-refractivity contribution in [2.24, 2.45) is 29.6 Å². The van der Waals surface area contributed by atoms with Crippen molar-refractivity contribution in [2.75, 3.05) is 12.0 Å².